The van der Waals surface area contributed by atoms with E-state index in [4.69, 9.17) is 9.57 Å². The summed E-state index contributed by atoms with van der Waals surface area (Å²) in [4.78, 5) is 17.6. The molecular weight excluding hydrogens is 208 g/mol. The molecule has 3 saturated heterocycles. The number of hydrogen-bond acceptors (Lipinski definition) is 4. The number of nitrogens with one attached hydrogen (secondary N) is 1. The third kappa shape index (κ3) is 1.73. The highest BCUT2D eigenvalue weighted by Crippen LogP contribution is 2.31. The van der Waals surface area contributed by atoms with Gasteiger partial charge in [0.05, 0.1) is 32.3 Å². The number of rotatable bonds is 1. The summed E-state index contributed by atoms with van der Waals surface area (Å²) in [7, 11) is 0. The maximum absolute atomic E-state index is 12.2. The average molecular weight is 226 g/mol. The van der Waals surface area contributed by atoms with Crippen molar-refractivity contribution in [3.63, 3.8) is 0 Å². The van der Waals surface area contributed by atoms with Crippen LogP contribution in [0.4, 0.5) is 0 Å². The SMILES string of the molecule is O=C([C@H]1COC[C@H]2CNC[C@H]21)N1CCCO1. The Labute approximate surface area is 95.0 Å². The molecule has 1 amide bonds. The standard InChI is InChI=1S/C11H18N2O3/c14-11(13-2-1-3-16-13)10-7-15-6-8-4-12-5-9(8)10/h8-10,12H,1-7H2/t8-,9-,10+/m1/s1. The highest BCUT2D eigenvalue weighted by atomic mass is 16.7. The van der Waals surface area contributed by atoms with Gasteiger partial charge in [-0.1, -0.05) is 0 Å². The van der Waals surface area contributed by atoms with Crippen LogP contribution in [0.15, 0.2) is 0 Å². The second-order valence-electron chi connectivity index (χ2n) is 4.85. The summed E-state index contributed by atoms with van der Waals surface area (Å²) in [5.41, 5.74) is 0. The third-order valence-electron chi connectivity index (χ3n) is 3.85. The zero-order chi connectivity index (χ0) is 11.0. The van der Waals surface area contributed by atoms with Crippen LogP contribution in [0.1, 0.15) is 6.42 Å². The molecule has 0 bridgehead atoms. The van der Waals surface area contributed by atoms with E-state index in [-0.39, 0.29) is 11.8 Å². The van der Waals surface area contributed by atoms with Gasteiger partial charge in [0.15, 0.2) is 0 Å². The Morgan fingerprint density at radius 1 is 1.31 bits per heavy atom. The zero-order valence-electron chi connectivity index (χ0n) is 9.35. The number of nitrogens with zero attached hydrogens (tertiary/aromatic N) is 1. The van der Waals surface area contributed by atoms with Crippen molar-refractivity contribution in [1.29, 1.82) is 0 Å². The largest absolute Gasteiger partial charge is 0.380 e. The van der Waals surface area contributed by atoms with E-state index in [1.807, 2.05) is 0 Å². The van der Waals surface area contributed by atoms with Crippen molar-refractivity contribution >= 4 is 5.91 Å². The highest BCUT2D eigenvalue weighted by molar-refractivity contribution is 5.78. The van der Waals surface area contributed by atoms with Crippen molar-refractivity contribution in [3.8, 4) is 0 Å². The second kappa shape index (κ2) is 4.31. The molecule has 3 aliphatic heterocycles. The lowest BCUT2D eigenvalue weighted by molar-refractivity contribution is -0.181. The summed E-state index contributed by atoms with van der Waals surface area (Å²) in [5, 5.41) is 4.88. The van der Waals surface area contributed by atoms with Crippen LogP contribution in [-0.2, 0) is 14.4 Å². The monoisotopic (exact) mass is 226 g/mol. The number of hydroxylamine groups is 2. The molecule has 5 heteroatoms. The minimum absolute atomic E-state index is 0.00755. The van der Waals surface area contributed by atoms with Gasteiger partial charge in [-0.3, -0.25) is 9.63 Å². The minimum Gasteiger partial charge on any atom is -0.380 e. The number of hydrogen-bond donors (Lipinski definition) is 1. The van der Waals surface area contributed by atoms with E-state index < -0.39 is 0 Å². The third-order valence-corrected chi connectivity index (χ3v) is 3.85. The Morgan fingerprint density at radius 2 is 2.25 bits per heavy atom. The number of ether oxygens (including phenoxy) is 1. The quantitative estimate of drug-likeness (QED) is 0.663. The van der Waals surface area contributed by atoms with E-state index in [9.17, 15) is 4.79 Å². The minimum atomic E-state index is -0.00755. The van der Waals surface area contributed by atoms with Crippen molar-refractivity contribution in [2.75, 3.05) is 39.5 Å². The van der Waals surface area contributed by atoms with Crippen LogP contribution in [0.5, 0.6) is 0 Å². The zero-order valence-corrected chi connectivity index (χ0v) is 9.35. The Kier molecular flexibility index (Phi) is 2.83. The maximum atomic E-state index is 12.2. The van der Waals surface area contributed by atoms with Crippen LogP contribution in [-0.4, -0.2) is 50.4 Å². The van der Waals surface area contributed by atoms with Gasteiger partial charge >= 0.3 is 0 Å². The Hall–Kier alpha value is -0.650. The molecule has 0 aromatic heterocycles. The van der Waals surface area contributed by atoms with E-state index in [1.54, 1.807) is 0 Å². The molecule has 3 heterocycles. The van der Waals surface area contributed by atoms with Gasteiger partial charge in [-0.25, -0.2) is 5.06 Å². The molecule has 16 heavy (non-hydrogen) atoms. The fourth-order valence-electron chi connectivity index (χ4n) is 2.94. The van der Waals surface area contributed by atoms with Crippen LogP contribution < -0.4 is 5.32 Å². The molecule has 90 valence electrons. The summed E-state index contributed by atoms with van der Waals surface area (Å²) >= 11 is 0. The summed E-state index contributed by atoms with van der Waals surface area (Å²) in [5.74, 6) is 1.05. The van der Waals surface area contributed by atoms with Crippen molar-refractivity contribution in [2.24, 2.45) is 17.8 Å². The van der Waals surface area contributed by atoms with E-state index in [2.05, 4.69) is 5.32 Å². The van der Waals surface area contributed by atoms with Crippen molar-refractivity contribution in [3.05, 3.63) is 0 Å². The highest BCUT2D eigenvalue weighted by Gasteiger charge is 2.43. The molecule has 0 unspecified atom stereocenters. The maximum Gasteiger partial charge on any atom is 0.251 e. The van der Waals surface area contributed by atoms with Gasteiger partial charge in [0.2, 0.25) is 0 Å². The molecular formula is C11H18N2O3. The molecule has 3 rings (SSSR count). The lowest BCUT2D eigenvalue weighted by Crippen LogP contribution is -2.45. The Balaban J connectivity index is 1.70. The van der Waals surface area contributed by atoms with Gasteiger partial charge in [-0.15, -0.1) is 0 Å². The molecule has 0 aromatic rings. The van der Waals surface area contributed by atoms with Crippen LogP contribution in [0.2, 0.25) is 0 Å². The van der Waals surface area contributed by atoms with Crippen LogP contribution >= 0.6 is 0 Å². The smallest absolute Gasteiger partial charge is 0.251 e. The molecule has 0 saturated carbocycles. The summed E-state index contributed by atoms with van der Waals surface area (Å²) in [6.07, 6.45) is 0.950. The molecule has 3 atom stereocenters. The van der Waals surface area contributed by atoms with Crippen LogP contribution in [0, 0.1) is 17.8 Å². The average Bonchev–Trinajstić information content (AvgIpc) is 2.98. The molecule has 5 nitrogen and oxygen atoms in total. The number of carbonyl (C=O) groups excluding carboxylic acids is 1. The number of amides is 1. The van der Waals surface area contributed by atoms with Crippen molar-refractivity contribution in [2.45, 2.75) is 6.42 Å². The molecule has 3 fully saturated rings. The second-order valence-corrected chi connectivity index (χ2v) is 4.85. The van der Waals surface area contributed by atoms with E-state index in [0.717, 1.165) is 32.7 Å². The molecule has 3 aliphatic rings. The molecule has 0 aliphatic carbocycles. The van der Waals surface area contributed by atoms with Crippen molar-refractivity contribution < 1.29 is 14.4 Å². The van der Waals surface area contributed by atoms with Crippen LogP contribution in [0.25, 0.3) is 0 Å². The van der Waals surface area contributed by atoms with Gasteiger partial charge in [0.1, 0.15) is 0 Å². The van der Waals surface area contributed by atoms with Gasteiger partial charge in [-0.05, 0) is 24.8 Å². The normalized spacial score (nSPS) is 38.8. The summed E-state index contributed by atoms with van der Waals surface area (Å²) in [6, 6.07) is 0. The molecule has 0 spiro atoms. The topological polar surface area (TPSA) is 50.8 Å². The number of fused-ring (bicyclic) bond motifs is 1. The summed E-state index contributed by atoms with van der Waals surface area (Å²) < 4.78 is 5.53. The molecule has 0 aromatic carbocycles. The van der Waals surface area contributed by atoms with Gasteiger partial charge < -0.3 is 10.1 Å². The Bertz CT molecular complexity index is 278. The number of carbonyl (C=O) groups is 1. The first-order chi connectivity index (χ1) is 7.86. The van der Waals surface area contributed by atoms with Gasteiger partial charge in [0, 0.05) is 6.54 Å². The first-order valence-corrected chi connectivity index (χ1v) is 6.09. The molecule has 1 N–H and O–H groups in total. The van der Waals surface area contributed by atoms with Gasteiger partial charge in [-0.2, -0.15) is 0 Å². The first-order valence-electron chi connectivity index (χ1n) is 6.09. The van der Waals surface area contributed by atoms with Crippen LogP contribution in [0.3, 0.4) is 0 Å². The van der Waals surface area contributed by atoms with Gasteiger partial charge in [0.25, 0.3) is 5.91 Å². The predicted octanol–water partition coefficient (Wildman–Crippen LogP) is -0.368. The lowest BCUT2D eigenvalue weighted by Gasteiger charge is -2.33. The Morgan fingerprint density at radius 3 is 3.06 bits per heavy atom. The summed E-state index contributed by atoms with van der Waals surface area (Å²) in [6.45, 7) is 4.68. The van der Waals surface area contributed by atoms with Crippen molar-refractivity contribution in [1.82, 2.24) is 10.4 Å². The van der Waals surface area contributed by atoms with E-state index in [0.29, 0.717) is 25.0 Å². The fraction of sp³-hybridized carbons (Fsp3) is 0.909. The van der Waals surface area contributed by atoms with E-state index in [1.165, 1.54) is 5.06 Å². The lowest BCUT2D eigenvalue weighted by atomic mass is 9.82. The first kappa shape index (κ1) is 10.5. The van der Waals surface area contributed by atoms with E-state index >= 15 is 0 Å². The molecule has 0 radical (unpaired) electrons. The predicted molar refractivity (Wildman–Crippen MR) is 56.4 cm³/mol. The fourth-order valence-corrected chi connectivity index (χ4v) is 2.94.